The number of fused-ring (bicyclic) bond motifs is 1. The molecule has 0 saturated carbocycles. The minimum Gasteiger partial charge on any atom is -0.481 e. The van der Waals surface area contributed by atoms with E-state index in [0.29, 0.717) is 30.3 Å². The largest absolute Gasteiger partial charge is 0.481 e. The van der Waals surface area contributed by atoms with Gasteiger partial charge in [-0.05, 0) is 31.4 Å². The summed E-state index contributed by atoms with van der Waals surface area (Å²) in [5.74, 6) is -1.48. The Bertz CT molecular complexity index is 874. The van der Waals surface area contributed by atoms with Crippen molar-refractivity contribution in [1.82, 2.24) is 14.5 Å². The fraction of sp³-hybridized carbons (Fsp3) is 0.444. The number of amides is 1. The molecule has 0 bridgehead atoms. The van der Waals surface area contributed by atoms with E-state index in [9.17, 15) is 14.4 Å². The van der Waals surface area contributed by atoms with Gasteiger partial charge in [-0.1, -0.05) is 12.1 Å². The molecule has 7 nitrogen and oxygen atoms in total. The number of nitrogens with zero attached hydrogens (tertiary/aromatic N) is 3. The molecule has 7 heteroatoms. The van der Waals surface area contributed by atoms with Crippen molar-refractivity contribution in [2.24, 2.45) is 5.92 Å². The molecule has 1 aromatic heterocycles. The number of carboxylic acid groups (broad SMARTS) is 1. The third-order valence-corrected chi connectivity index (χ3v) is 4.75. The highest BCUT2D eigenvalue weighted by molar-refractivity contribution is 5.80. The van der Waals surface area contributed by atoms with Gasteiger partial charge < -0.3 is 10.0 Å². The Morgan fingerprint density at radius 2 is 2.16 bits per heavy atom. The minimum absolute atomic E-state index is 0.123. The molecule has 1 atom stereocenters. The summed E-state index contributed by atoms with van der Waals surface area (Å²) in [5.41, 5.74) is 1.45. The Labute approximate surface area is 144 Å². The number of carboxylic acids is 1. The summed E-state index contributed by atoms with van der Waals surface area (Å²) in [6, 6.07) is 5.45. The predicted octanol–water partition coefficient (Wildman–Crippen LogP) is 1.42. The zero-order valence-electron chi connectivity index (χ0n) is 14.1. The van der Waals surface area contributed by atoms with Gasteiger partial charge in [0.1, 0.15) is 0 Å². The molecule has 1 aliphatic rings. The molecule has 25 heavy (non-hydrogen) atoms. The zero-order chi connectivity index (χ0) is 18.0. The second kappa shape index (κ2) is 7.04. The van der Waals surface area contributed by atoms with Crippen molar-refractivity contribution in [1.29, 1.82) is 0 Å². The van der Waals surface area contributed by atoms with Gasteiger partial charge in [0.2, 0.25) is 5.91 Å². The molecule has 2 aromatic rings. The van der Waals surface area contributed by atoms with Gasteiger partial charge in [0.25, 0.3) is 5.56 Å². The SMILES string of the molecule is Cc1cccc2c(=O)n(CCC(=O)N3CCCC(C(=O)O)C3)cnc12. The van der Waals surface area contributed by atoms with E-state index in [0.717, 1.165) is 5.56 Å². The summed E-state index contributed by atoms with van der Waals surface area (Å²) < 4.78 is 1.44. The van der Waals surface area contributed by atoms with Crippen molar-refractivity contribution >= 4 is 22.8 Å². The number of carbonyl (C=O) groups is 2. The second-order valence-electron chi connectivity index (χ2n) is 6.48. The summed E-state index contributed by atoms with van der Waals surface area (Å²) in [5, 5.41) is 9.65. The van der Waals surface area contributed by atoms with Crippen molar-refractivity contribution in [3.8, 4) is 0 Å². The van der Waals surface area contributed by atoms with Crippen LogP contribution in [0.1, 0.15) is 24.8 Å². The maximum absolute atomic E-state index is 12.5. The average molecular weight is 343 g/mol. The molecule has 132 valence electrons. The maximum Gasteiger partial charge on any atom is 0.308 e. The summed E-state index contributed by atoms with van der Waals surface area (Å²) in [6.45, 7) is 2.96. The molecule has 1 fully saturated rings. The van der Waals surface area contributed by atoms with Crippen LogP contribution in [-0.4, -0.2) is 44.5 Å². The molecule has 0 aliphatic carbocycles. The van der Waals surface area contributed by atoms with Gasteiger partial charge >= 0.3 is 5.97 Å². The van der Waals surface area contributed by atoms with E-state index >= 15 is 0 Å². The van der Waals surface area contributed by atoms with Gasteiger partial charge in [0.15, 0.2) is 0 Å². The molecule has 1 saturated heterocycles. The fourth-order valence-corrected chi connectivity index (χ4v) is 3.28. The Morgan fingerprint density at radius 1 is 1.36 bits per heavy atom. The molecule has 2 heterocycles. The van der Waals surface area contributed by atoms with E-state index in [1.807, 2.05) is 19.1 Å². The average Bonchev–Trinajstić information content (AvgIpc) is 2.61. The number of piperidine rings is 1. The van der Waals surface area contributed by atoms with E-state index in [2.05, 4.69) is 4.98 Å². The zero-order valence-corrected chi connectivity index (χ0v) is 14.1. The number of para-hydroxylation sites is 1. The first kappa shape index (κ1) is 17.1. The molecule has 0 radical (unpaired) electrons. The highest BCUT2D eigenvalue weighted by Gasteiger charge is 2.27. The number of likely N-dealkylation sites (tertiary alicyclic amines) is 1. The number of hydrogen-bond acceptors (Lipinski definition) is 4. The lowest BCUT2D eigenvalue weighted by atomic mass is 9.98. The normalized spacial score (nSPS) is 17.6. The van der Waals surface area contributed by atoms with Gasteiger partial charge in [-0.15, -0.1) is 0 Å². The number of hydrogen-bond donors (Lipinski definition) is 1. The Morgan fingerprint density at radius 3 is 2.92 bits per heavy atom. The maximum atomic E-state index is 12.5. The summed E-state index contributed by atoms with van der Waals surface area (Å²) in [4.78, 5) is 41.9. The molecule has 1 amide bonds. The molecule has 0 spiro atoms. The molecular formula is C18H21N3O4. The first-order chi connectivity index (χ1) is 12.0. The van der Waals surface area contributed by atoms with Gasteiger partial charge in [-0.3, -0.25) is 19.0 Å². The van der Waals surface area contributed by atoms with Gasteiger partial charge in [0.05, 0.1) is 23.1 Å². The number of rotatable bonds is 4. The number of aliphatic carboxylic acids is 1. The van der Waals surface area contributed by atoms with Crippen molar-refractivity contribution in [2.75, 3.05) is 13.1 Å². The highest BCUT2D eigenvalue weighted by atomic mass is 16.4. The van der Waals surface area contributed by atoms with E-state index < -0.39 is 11.9 Å². The highest BCUT2D eigenvalue weighted by Crippen LogP contribution is 2.17. The van der Waals surface area contributed by atoms with Crippen molar-refractivity contribution < 1.29 is 14.7 Å². The smallest absolute Gasteiger partial charge is 0.308 e. The molecular weight excluding hydrogens is 322 g/mol. The molecule has 1 unspecified atom stereocenters. The van der Waals surface area contributed by atoms with Crippen LogP contribution in [0.3, 0.4) is 0 Å². The number of benzene rings is 1. The Kier molecular flexibility index (Phi) is 4.83. The number of aromatic nitrogens is 2. The van der Waals surface area contributed by atoms with Crippen LogP contribution in [0.2, 0.25) is 0 Å². The van der Waals surface area contributed by atoms with Crippen LogP contribution < -0.4 is 5.56 Å². The lowest BCUT2D eigenvalue weighted by Crippen LogP contribution is -2.42. The van der Waals surface area contributed by atoms with E-state index in [4.69, 9.17) is 5.11 Å². The van der Waals surface area contributed by atoms with Crippen molar-refractivity contribution in [3.63, 3.8) is 0 Å². The van der Waals surface area contributed by atoms with Crippen LogP contribution in [0.15, 0.2) is 29.3 Å². The van der Waals surface area contributed by atoms with Crippen molar-refractivity contribution in [2.45, 2.75) is 32.7 Å². The molecule has 3 rings (SSSR count). The van der Waals surface area contributed by atoms with Gasteiger partial charge in [0, 0.05) is 26.1 Å². The number of aryl methyl sites for hydroxylation is 2. The van der Waals surface area contributed by atoms with Crippen LogP contribution in [0.25, 0.3) is 10.9 Å². The molecule has 1 aromatic carbocycles. The Hall–Kier alpha value is -2.70. The molecule has 1 N–H and O–H groups in total. The lowest BCUT2D eigenvalue weighted by molar-refractivity contribution is -0.145. The topological polar surface area (TPSA) is 92.5 Å². The van der Waals surface area contributed by atoms with Crippen LogP contribution >= 0.6 is 0 Å². The second-order valence-corrected chi connectivity index (χ2v) is 6.48. The third-order valence-electron chi connectivity index (χ3n) is 4.75. The molecule has 1 aliphatic heterocycles. The van der Waals surface area contributed by atoms with Gasteiger partial charge in [-0.2, -0.15) is 0 Å². The van der Waals surface area contributed by atoms with E-state index in [-0.39, 0.29) is 31.0 Å². The third kappa shape index (κ3) is 3.55. The minimum atomic E-state index is -0.859. The summed E-state index contributed by atoms with van der Waals surface area (Å²) in [6.07, 6.45) is 2.93. The Balaban J connectivity index is 1.70. The first-order valence-corrected chi connectivity index (χ1v) is 8.42. The summed E-state index contributed by atoms with van der Waals surface area (Å²) >= 11 is 0. The van der Waals surface area contributed by atoms with E-state index in [1.165, 1.54) is 10.9 Å². The quantitative estimate of drug-likeness (QED) is 0.906. The van der Waals surface area contributed by atoms with Crippen LogP contribution in [0, 0.1) is 12.8 Å². The summed E-state index contributed by atoms with van der Waals surface area (Å²) in [7, 11) is 0. The number of carbonyl (C=O) groups excluding carboxylic acids is 1. The lowest BCUT2D eigenvalue weighted by Gasteiger charge is -2.30. The van der Waals surface area contributed by atoms with Crippen LogP contribution in [0.5, 0.6) is 0 Å². The predicted molar refractivity (Wildman–Crippen MR) is 92.3 cm³/mol. The fourth-order valence-electron chi connectivity index (χ4n) is 3.28. The monoisotopic (exact) mass is 343 g/mol. The van der Waals surface area contributed by atoms with Crippen LogP contribution in [-0.2, 0) is 16.1 Å². The van der Waals surface area contributed by atoms with E-state index in [1.54, 1.807) is 11.0 Å². The van der Waals surface area contributed by atoms with Gasteiger partial charge in [-0.25, -0.2) is 4.98 Å². The standard InChI is InChI=1S/C18H21N3O4/c1-12-4-2-6-14-16(12)19-11-21(17(14)23)9-7-15(22)20-8-3-5-13(10-20)18(24)25/h2,4,6,11,13H,3,5,7-10H2,1H3,(H,24,25). The first-order valence-electron chi connectivity index (χ1n) is 8.42. The van der Waals surface area contributed by atoms with Crippen LogP contribution in [0.4, 0.5) is 0 Å². The van der Waals surface area contributed by atoms with Crippen molar-refractivity contribution in [3.05, 3.63) is 40.4 Å².